The zero-order valence-electron chi connectivity index (χ0n) is 14.9. The maximum Gasteiger partial charge on any atom is 0.289 e. The zero-order valence-corrected chi connectivity index (χ0v) is 14.9. The van der Waals surface area contributed by atoms with Gasteiger partial charge in [-0.3, -0.25) is 14.5 Å². The quantitative estimate of drug-likeness (QED) is 0.902. The Bertz CT molecular complexity index is 760. The van der Waals surface area contributed by atoms with E-state index in [0.717, 1.165) is 23.0 Å². The number of para-hydroxylation sites is 1. The molecule has 0 radical (unpaired) electrons. The second-order valence-electron chi connectivity index (χ2n) is 6.47. The Hall–Kier alpha value is -2.34. The topological polar surface area (TPSA) is 65.8 Å². The number of hydrogen-bond acceptors (Lipinski definition) is 4. The first-order valence-electron chi connectivity index (χ1n) is 8.86. The lowest BCUT2D eigenvalue weighted by atomic mass is 10.1. The minimum absolute atomic E-state index is 0.0507. The van der Waals surface area contributed by atoms with Crippen molar-refractivity contribution in [3.8, 4) is 0 Å². The zero-order chi connectivity index (χ0) is 17.8. The SMILES string of the molecule is CCCNC(=O)CN1CCN(C(=O)c2oc3ccccc3c2C)CC1. The molecule has 0 spiro atoms. The molecule has 6 heteroatoms. The summed E-state index contributed by atoms with van der Waals surface area (Å²) in [5.41, 5.74) is 1.64. The summed E-state index contributed by atoms with van der Waals surface area (Å²) in [6.45, 7) is 7.67. The summed E-state index contributed by atoms with van der Waals surface area (Å²) in [6, 6.07) is 7.70. The fourth-order valence-corrected chi connectivity index (χ4v) is 3.15. The number of fused-ring (bicyclic) bond motifs is 1. The number of nitrogens with zero attached hydrogens (tertiary/aromatic N) is 2. The first kappa shape index (κ1) is 17.5. The van der Waals surface area contributed by atoms with Crippen molar-refractivity contribution in [1.82, 2.24) is 15.1 Å². The van der Waals surface area contributed by atoms with E-state index in [0.29, 0.717) is 45.0 Å². The third kappa shape index (κ3) is 3.85. The number of furan rings is 1. The molecule has 0 unspecified atom stereocenters. The predicted octanol–water partition coefficient (Wildman–Crippen LogP) is 2.03. The van der Waals surface area contributed by atoms with Crippen molar-refractivity contribution in [3.63, 3.8) is 0 Å². The average Bonchev–Trinajstić information content (AvgIpc) is 2.97. The second kappa shape index (κ2) is 7.70. The molecule has 2 heterocycles. The van der Waals surface area contributed by atoms with Crippen LogP contribution < -0.4 is 5.32 Å². The summed E-state index contributed by atoms with van der Waals surface area (Å²) in [4.78, 5) is 28.5. The van der Waals surface area contributed by atoms with Crippen LogP contribution in [0, 0.1) is 6.92 Å². The number of carbonyl (C=O) groups excluding carboxylic acids is 2. The highest BCUT2D eigenvalue weighted by Crippen LogP contribution is 2.26. The minimum atomic E-state index is -0.0659. The van der Waals surface area contributed by atoms with Crippen LogP contribution >= 0.6 is 0 Å². The van der Waals surface area contributed by atoms with Gasteiger partial charge in [0.05, 0.1) is 6.54 Å². The van der Waals surface area contributed by atoms with Crippen LogP contribution in [0.5, 0.6) is 0 Å². The maximum absolute atomic E-state index is 12.8. The van der Waals surface area contributed by atoms with Gasteiger partial charge < -0.3 is 14.6 Å². The van der Waals surface area contributed by atoms with Crippen LogP contribution in [0.4, 0.5) is 0 Å². The second-order valence-corrected chi connectivity index (χ2v) is 6.47. The van der Waals surface area contributed by atoms with Crippen molar-refractivity contribution in [2.24, 2.45) is 0 Å². The number of hydrogen-bond donors (Lipinski definition) is 1. The molecule has 1 aromatic carbocycles. The van der Waals surface area contributed by atoms with Gasteiger partial charge in [-0.25, -0.2) is 0 Å². The van der Waals surface area contributed by atoms with Crippen LogP contribution in [-0.4, -0.2) is 60.9 Å². The Labute approximate surface area is 147 Å². The Morgan fingerprint density at radius 1 is 1.16 bits per heavy atom. The Morgan fingerprint density at radius 3 is 2.56 bits per heavy atom. The molecular formula is C19H25N3O3. The van der Waals surface area contributed by atoms with Crippen LogP contribution in [0.15, 0.2) is 28.7 Å². The average molecular weight is 343 g/mol. The van der Waals surface area contributed by atoms with E-state index < -0.39 is 0 Å². The van der Waals surface area contributed by atoms with E-state index in [1.165, 1.54) is 0 Å². The van der Waals surface area contributed by atoms with E-state index >= 15 is 0 Å². The first-order valence-corrected chi connectivity index (χ1v) is 8.86. The molecule has 0 saturated carbocycles. The number of nitrogens with one attached hydrogen (secondary N) is 1. The Kier molecular flexibility index (Phi) is 5.38. The third-order valence-corrected chi connectivity index (χ3v) is 4.64. The fraction of sp³-hybridized carbons (Fsp3) is 0.474. The number of rotatable bonds is 5. The fourth-order valence-electron chi connectivity index (χ4n) is 3.15. The summed E-state index contributed by atoms with van der Waals surface area (Å²) >= 11 is 0. The van der Waals surface area contributed by atoms with Crippen LogP contribution in [0.2, 0.25) is 0 Å². The highest BCUT2D eigenvalue weighted by molar-refractivity contribution is 5.99. The van der Waals surface area contributed by atoms with Crippen molar-refractivity contribution in [2.45, 2.75) is 20.3 Å². The molecule has 1 fully saturated rings. The van der Waals surface area contributed by atoms with Gasteiger partial charge in [-0.15, -0.1) is 0 Å². The van der Waals surface area contributed by atoms with Gasteiger partial charge in [-0.1, -0.05) is 25.1 Å². The minimum Gasteiger partial charge on any atom is -0.451 e. The molecule has 3 rings (SSSR count). The molecule has 0 atom stereocenters. The van der Waals surface area contributed by atoms with Crippen molar-refractivity contribution in [2.75, 3.05) is 39.3 Å². The Balaban J connectivity index is 1.59. The van der Waals surface area contributed by atoms with E-state index in [1.807, 2.05) is 43.0 Å². The number of carbonyl (C=O) groups is 2. The lowest BCUT2D eigenvalue weighted by molar-refractivity contribution is -0.122. The molecule has 134 valence electrons. The number of piperazine rings is 1. The van der Waals surface area contributed by atoms with E-state index in [1.54, 1.807) is 0 Å². The Morgan fingerprint density at radius 2 is 1.88 bits per heavy atom. The van der Waals surface area contributed by atoms with Gasteiger partial charge in [0.1, 0.15) is 5.58 Å². The van der Waals surface area contributed by atoms with E-state index in [9.17, 15) is 9.59 Å². The summed E-state index contributed by atoms with van der Waals surface area (Å²) in [5, 5.41) is 3.87. The molecule has 1 saturated heterocycles. The van der Waals surface area contributed by atoms with Crippen molar-refractivity contribution >= 4 is 22.8 Å². The molecule has 6 nitrogen and oxygen atoms in total. The predicted molar refractivity (Wildman–Crippen MR) is 96.6 cm³/mol. The lowest BCUT2D eigenvalue weighted by Crippen LogP contribution is -2.51. The third-order valence-electron chi connectivity index (χ3n) is 4.64. The normalized spacial score (nSPS) is 15.5. The van der Waals surface area contributed by atoms with Crippen LogP contribution in [0.3, 0.4) is 0 Å². The summed E-state index contributed by atoms with van der Waals surface area (Å²) in [5.74, 6) is 0.411. The van der Waals surface area contributed by atoms with E-state index in [-0.39, 0.29) is 11.8 Å². The van der Waals surface area contributed by atoms with Crippen LogP contribution in [0.25, 0.3) is 11.0 Å². The highest BCUT2D eigenvalue weighted by atomic mass is 16.3. The smallest absolute Gasteiger partial charge is 0.289 e. The molecule has 25 heavy (non-hydrogen) atoms. The molecule has 1 aromatic heterocycles. The van der Waals surface area contributed by atoms with Crippen molar-refractivity contribution in [1.29, 1.82) is 0 Å². The molecule has 1 aliphatic heterocycles. The first-order chi connectivity index (χ1) is 12.1. The van der Waals surface area contributed by atoms with Crippen LogP contribution in [0.1, 0.15) is 29.5 Å². The van der Waals surface area contributed by atoms with Gasteiger partial charge in [-0.05, 0) is 19.4 Å². The van der Waals surface area contributed by atoms with Crippen LogP contribution in [-0.2, 0) is 4.79 Å². The largest absolute Gasteiger partial charge is 0.451 e. The van der Waals surface area contributed by atoms with E-state index in [2.05, 4.69) is 10.2 Å². The van der Waals surface area contributed by atoms with Gasteiger partial charge >= 0.3 is 0 Å². The molecular weight excluding hydrogens is 318 g/mol. The number of benzene rings is 1. The van der Waals surface area contributed by atoms with Crippen molar-refractivity contribution in [3.05, 3.63) is 35.6 Å². The van der Waals surface area contributed by atoms with Gasteiger partial charge in [0.15, 0.2) is 5.76 Å². The maximum atomic E-state index is 12.8. The number of amides is 2. The molecule has 2 aromatic rings. The standard InChI is InChI=1S/C19H25N3O3/c1-3-8-20-17(23)13-21-9-11-22(12-10-21)19(24)18-14(2)15-6-4-5-7-16(15)25-18/h4-7H,3,8-13H2,1-2H3,(H,20,23). The molecule has 0 aliphatic carbocycles. The summed E-state index contributed by atoms with van der Waals surface area (Å²) < 4.78 is 5.78. The monoisotopic (exact) mass is 343 g/mol. The number of aryl methyl sites for hydroxylation is 1. The molecule has 0 bridgehead atoms. The highest BCUT2D eigenvalue weighted by Gasteiger charge is 2.27. The van der Waals surface area contributed by atoms with Gasteiger partial charge in [0, 0.05) is 43.7 Å². The lowest BCUT2D eigenvalue weighted by Gasteiger charge is -2.33. The summed E-state index contributed by atoms with van der Waals surface area (Å²) in [6.07, 6.45) is 0.935. The van der Waals surface area contributed by atoms with Gasteiger partial charge in [0.2, 0.25) is 5.91 Å². The van der Waals surface area contributed by atoms with Crippen molar-refractivity contribution < 1.29 is 14.0 Å². The molecule has 1 N–H and O–H groups in total. The molecule has 1 aliphatic rings. The van der Waals surface area contributed by atoms with Gasteiger partial charge in [-0.2, -0.15) is 0 Å². The molecule has 2 amide bonds. The van der Waals surface area contributed by atoms with E-state index in [4.69, 9.17) is 4.42 Å². The summed E-state index contributed by atoms with van der Waals surface area (Å²) in [7, 11) is 0. The van der Waals surface area contributed by atoms with Gasteiger partial charge in [0.25, 0.3) is 5.91 Å².